The number of amides is 3. The van der Waals surface area contributed by atoms with Crippen LogP contribution in [-0.4, -0.2) is 33.9 Å². The summed E-state index contributed by atoms with van der Waals surface area (Å²) in [5, 5.41) is 10.6. The van der Waals surface area contributed by atoms with E-state index in [4.69, 9.17) is 21.7 Å². The fraction of sp³-hybridized carbons (Fsp3) is 0.200. The third kappa shape index (κ3) is 5.58. The van der Waals surface area contributed by atoms with E-state index in [0.29, 0.717) is 27.0 Å². The number of rotatable bonds is 6. The minimum atomic E-state index is -0.591. The van der Waals surface area contributed by atoms with Gasteiger partial charge in [0.15, 0.2) is 15.5 Å². The molecule has 0 spiro atoms. The summed E-state index contributed by atoms with van der Waals surface area (Å²) < 4.78 is 11.2. The van der Waals surface area contributed by atoms with E-state index in [1.807, 2.05) is 36.4 Å². The van der Waals surface area contributed by atoms with Gasteiger partial charge in [0.05, 0.1) is 6.54 Å². The van der Waals surface area contributed by atoms with E-state index in [0.717, 1.165) is 22.5 Å². The summed E-state index contributed by atoms with van der Waals surface area (Å²) in [5.74, 6) is 1.03. The molecule has 0 fully saturated rings. The number of nitrogens with one attached hydrogen (secondary N) is 3. The Hall–Kier alpha value is -3.44. The summed E-state index contributed by atoms with van der Waals surface area (Å²) in [7, 11) is 0. The number of carbonyl (C=O) groups excluding carboxylic acids is 2. The largest absolute Gasteiger partial charge is 0.454 e. The van der Waals surface area contributed by atoms with Crippen molar-refractivity contribution in [3.63, 3.8) is 0 Å². The first-order chi connectivity index (χ1) is 15.1. The van der Waals surface area contributed by atoms with Crippen LogP contribution in [0.25, 0.3) is 0 Å². The van der Waals surface area contributed by atoms with Crippen LogP contribution < -0.4 is 20.2 Å². The molecule has 2 heterocycles. The molecule has 3 aromatic rings. The van der Waals surface area contributed by atoms with E-state index < -0.39 is 6.03 Å². The summed E-state index contributed by atoms with van der Waals surface area (Å²) in [6.45, 7) is 0.322. The number of ether oxygens (including phenoxy) is 2. The van der Waals surface area contributed by atoms with Crippen molar-refractivity contribution < 1.29 is 19.1 Å². The Kier molecular flexibility index (Phi) is 6.43. The molecule has 3 amide bonds. The van der Waals surface area contributed by atoms with Crippen molar-refractivity contribution in [3.8, 4) is 11.5 Å². The number of hydrazine groups is 1. The molecular weight excluding hydrogens is 438 g/mol. The monoisotopic (exact) mass is 457 g/mol. The van der Waals surface area contributed by atoms with Crippen LogP contribution in [0.5, 0.6) is 11.5 Å². The number of carbonyl (C=O) groups is 2. The molecule has 0 aliphatic carbocycles. The number of hydrogen-bond donors (Lipinski definition) is 3. The van der Waals surface area contributed by atoms with Crippen molar-refractivity contribution in [3.05, 3.63) is 63.6 Å². The number of benzene rings is 2. The van der Waals surface area contributed by atoms with Gasteiger partial charge in [-0.15, -0.1) is 5.10 Å². The van der Waals surface area contributed by atoms with Gasteiger partial charge in [0.2, 0.25) is 17.8 Å². The summed E-state index contributed by atoms with van der Waals surface area (Å²) >= 11 is 6.08. The van der Waals surface area contributed by atoms with Crippen LogP contribution in [0.1, 0.15) is 17.5 Å². The van der Waals surface area contributed by atoms with Crippen LogP contribution in [0.4, 0.5) is 9.93 Å². The average Bonchev–Trinajstić information content (AvgIpc) is 3.40. The van der Waals surface area contributed by atoms with Gasteiger partial charge in [-0.2, -0.15) is 0 Å². The van der Waals surface area contributed by atoms with Crippen molar-refractivity contribution >= 4 is 40.6 Å². The highest BCUT2D eigenvalue weighted by Crippen LogP contribution is 2.32. The Labute approximate surface area is 187 Å². The summed E-state index contributed by atoms with van der Waals surface area (Å²) in [6, 6.07) is 14.5. The number of aromatic amines is 1. The zero-order valence-electron chi connectivity index (χ0n) is 16.3. The van der Waals surface area contributed by atoms with Crippen molar-refractivity contribution in [2.24, 2.45) is 0 Å². The number of H-pyrrole nitrogens is 1. The van der Waals surface area contributed by atoms with Crippen molar-refractivity contribution in [2.75, 3.05) is 12.1 Å². The second-order valence-electron chi connectivity index (χ2n) is 6.64. The quantitative estimate of drug-likeness (QED) is 0.385. The number of nitrogens with zero attached hydrogens (tertiary/aromatic N) is 2. The summed E-state index contributed by atoms with van der Waals surface area (Å²) in [6.07, 6.45) is 0.789. The number of anilines is 1. The minimum Gasteiger partial charge on any atom is -0.454 e. The van der Waals surface area contributed by atoms with Gasteiger partial charge in [-0.05, 0) is 41.9 Å². The van der Waals surface area contributed by atoms with E-state index >= 15 is 0 Å². The van der Waals surface area contributed by atoms with Gasteiger partial charge in [0, 0.05) is 6.42 Å². The van der Waals surface area contributed by atoms with Gasteiger partial charge < -0.3 is 9.47 Å². The lowest BCUT2D eigenvalue weighted by molar-refractivity contribution is -0.134. The van der Waals surface area contributed by atoms with Crippen LogP contribution in [0.15, 0.2) is 48.5 Å². The first-order valence-corrected chi connectivity index (χ1v) is 10.7. The Bertz CT molecular complexity index is 1130. The molecule has 4 rings (SSSR count). The van der Waals surface area contributed by atoms with Crippen LogP contribution >= 0.6 is 23.6 Å². The number of hydrogen-bond acceptors (Lipinski definition) is 7. The fourth-order valence-corrected chi connectivity index (χ4v) is 3.76. The highest BCUT2D eigenvalue weighted by Gasteiger charge is 2.20. The predicted molar refractivity (Wildman–Crippen MR) is 117 cm³/mol. The summed E-state index contributed by atoms with van der Waals surface area (Å²) in [4.78, 5) is 25.4. The maximum atomic E-state index is 12.9. The smallest absolute Gasteiger partial charge is 0.339 e. The lowest BCUT2D eigenvalue weighted by atomic mass is 10.1. The molecule has 0 radical (unpaired) electrons. The number of aryl methyl sites for hydroxylation is 1. The Balaban J connectivity index is 1.45. The molecule has 9 nitrogen and oxygen atoms in total. The van der Waals surface area contributed by atoms with Crippen molar-refractivity contribution in [1.29, 1.82) is 0 Å². The SMILES string of the molecule is O=C(Nc1n[nH]c(=S)s1)NN(Cc1ccc2c(c1)OCO2)C(=O)CCc1ccccc1. The third-order valence-corrected chi connectivity index (χ3v) is 5.45. The fourth-order valence-electron chi connectivity index (χ4n) is 2.97. The number of fused-ring (bicyclic) bond motifs is 1. The van der Waals surface area contributed by atoms with E-state index in [9.17, 15) is 9.59 Å². The Morgan fingerprint density at radius 3 is 2.71 bits per heavy atom. The number of aromatic nitrogens is 2. The Morgan fingerprint density at radius 2 is 1.94 bits per heavy atom. The minimum absolute atomic E-state index is 0.161. The summed E-state index contributed by atoms with van der Waals surface area (Å²) in [5.41, 5.74) is 4.43. The molecular formula is C20H19N5O4S2. The zero-order valence-corrected chi connectivity index (χ0v) is 17.9. The van der Waals surface area contributed by atoms with Crippen LogP contribution in [-0.2, 0) is 17.8 Å². The lowest BCUT2D eigenvalue weighted by Crippen LogP contribution is -2.47. The van der Waals surface area contributed by atoms with Gasteiger partial charge in [-0.1, -0.05) is 47.7 Å². The molecule has 0 saturated heterocycles. The van der Waals surface area contributed by atoms with Gasteiger partial charge in [-0.25, -0.2) is 15.2 Å². The molecule has 1 aliphatic heterocycles. The first-order valence-electron chi connectivity index (χ1n) is 9.43. The lowest BCUT2D eigenvalue weighted by Gasteiger charge is -2.23. The molecule has 11 heteroatoms. The average molecular weight is 458 g/mol. The van der Waals surface area contributed by atoms with E-state index in [1.165, 1.54) is 5.01 Å². The van der Waals surface area contributed by atoms with Gasteiger partial charge >= 0.3 is 6.03 Å². The molecule has 160 valence electrons. The van der Waals surface area contributed by atoms with Gasteiger partial charge in [0.1, 0.15) is 0 Å². The van der Waals surface area contributed by atoms with E-state index in [-0.39, 0.29) is 25.7 Å². The van der Waals surface area contributed by atoms with Crippen LogP contribution in [0, 0.1) is 3.95 Å². The normalized spacial score (nSPS) is 11.7. The van der Waals surface area contributed by atoms with E-state index in [1.54, 1.807) is 12.1 Å². The molecule has 0 atom stereocenters. The maximum absolute atomic E-state index is 12.9. The molecule has 1 aliphatic rings. The molecule has 1 aromatic heterocycles. The zero-order chi connectivity index (χ0) is 21.6. The molecule has 0 bridgehead atoms. The molecule has 3 N–H and O–H groups in total. The Morgan fingerprint density at radius 1 is 1.13 bits per heavy atom. The molecule has 0 unspecified atom stereocenters. The predicted octanol–water partition coefficient (Wildman–Crippen LogP) is 3.63. The standard InChI is InChI=1S/C20H19N5O4S2/c26-17(9-7-13-4-2-1-3-5-13)25(24-18(27)21-19-22-23-20(30)31-19)11-14-6-8-15-16(10-14)29-12-28-15/h1-6,8,10H,7,9,11-12H2,(H,23,30)(H2,21,22,24,27). The van der Waals surface area contributed by atoms with Crippen LogP contribution in [0.3, 0.4) is 0 Å². The molecule has 31 heavy (non-hydrogen) atoms. The van der Waals surface area contributed by atoms with Gasteiger partial charge in [-0.3, -0.25) is 15.2 Å². The number of urea groups is 1. The topological polar surface area (TPSA) is 109 Å². The molecule has 2 aromatic carbocycles. The highest BCUT2D eigenvalue weighted by molar-refractivity contribution is 7.73. The van der Waals surface area contributed by atoms with Crippen molar-refractivity contribution in [2.45, 2.75) is 19.4 Å². The second kappa shape index (κ2) is 9.58. The van der Waals surface area contributed by atoms with Crippen LogP contribution in [0.2, 0.25) is 0 Å². The van der Waals surface area contributed by atoms with Crippen molar-refractivity contribution in [1.82, 2.24) is 20.6 Å². The van der Waals surface area contributed by atoms with Gasteiger partial charge in [0.25, 0.3) is 0 Å². The first kappa shape index (κ1) is 20.8. The highest BCUT2D eigenvalue weighted by atomic mass is 32.1. The molecule has 0 saturated carbocycles. The maximum Gasteiger partial charge on any atom is 0.339 e. The third-order valence-electron chi connectivity index (χ3n) is 4.44. The second-order valence-corrected chi connectivity index (χ2v) is 8.30. The van der Waals surface area contributed by atoms with E-state index in [2.05, 4.69) is 20.9 Å².